The lowest BCUT2D eigenvalue weighted by Crippen LogP contribution is -2.34. The van der Waals surface area contributed by atoms with Gasteiger partial charge in [0, 0.05) is 23.8 Å². The van der Waals surface area contributed by atoms with Gasteiger partial charge < -0.3 is 16.4 Å². The van der Waals surface area contributed by atoms with Gasteiger partial charge in [-0.3, -0.25) is 9.59 Å². The molecule has 0 bridgehead atoms. The highest BCUT2D eigenvalue weighted by molar-refractivity contribution is 5.96. The summed E-state index contributed by atoms with van der Waals surface area (Å²) in [5.74, 6) is -1.03. The van der Waals surface area contributed by atoms with Gasteiger partial charge >= 0.3 is 0 Å². The maximum Gasteiger partial charge on any atom is 0.251 e. The fourth-order valence-corrected chi connectivity index (χ4v) is 2.09. The van der Waals surface area contributed by atoms with Crippen molar-refractivity contribution in [3.8, 4) is 0 Å². The van der Waals surface area contributed by atoms with E-state index in [1.165, 1.54) is 12.1 Å². The van der Waals surface area contributed by atoms with Gasteiger partial charge in [0.15, 0.2) is 0 Å². The van der Waals surface area contributed by atoms with Gasteiger partial charge in [-0.15, -0.1) is 12.4 Å². The fourth-order valence-electron chi connectivity index (χ4n) is 2.09. The first-order valence-corrected chi connectivity index (χ1v) is 8.06. The van der Waals surface area contributed by atoms with Gasteiger partial charge in [-0.1, -0.05) is 19.1 Å². The van der Waals surface area contributed by atoms with Gasteiger partial charge in [-0.25, -0.2) is 4.39 Å². The minimum absolute atomic E-state index is 0. The first kappa shape index (κ1) is 21.6. The van der Waals surface area contributed by atoms with Crippen LogP contribution in [-0.4, -0.2) is 17.9 Å². The third-order valence-electron chi connectivity index (χ3n) is 3.98. The Labute approximate surface area is 158 Å². The third kappa shape index (κ3) is 6.13. The summed E-state index contributed by atoms with van der Waals surface area (Å²) in [5.41, 5.74) is 7.59. The smallest absolute Gasteiger partial charge is 0.251 e. The van der Waals surface area contributed by atoms with E-state index in [2.05, 4.69) is 10.6 Å². The number of carbonyl (C=O) groups excluding carboxylic acids is 2. The molecule has 2 rings (SSSR count). The van der Waals surface area contributed by atoms with Gasteiger partial charge in [-0.05, 0) is 48.9 Å². The molecule has 5 nitrogen and oxygen atoms in total. The van der Waals surface area contributed by atoms with Crippen molar-refractivity contribution >= 4 is 29.9 Å². The molecule has 0 aliphatic heterocycles. The molecule has 2 amide bonds. The van der Waals surface area contributed by atoms with Crippen LogP contribution >= 0.6 is 12.4 Å². The highest BCUT2D eigenvalue weighted by Crippen LogP contribution is 2.12. The molecule has 26 heavy (non-hydrogen) atoms. The van der Waals surface area contributed by atoms with Crippen LogP contribution in [0.15, 0.2) is 48.5 Å². The largest absolute Gasteiger partial charge is 0.348 e. The molecule has 0 radical (unpaired) electrons. The molecule has 0 aromatic heterocycles. The minimum Gasteiger partial charge on any atom is -0.348 e. The molecule has 4 N–H and O–H groups in total. The summed E-state index contributed by atoms with van der Waals surface area (Å²) in [4.78, 5) is 24.1. The maximum atomic E-state index is 12.8. The highest BCUT2D eigenvalue weighted by Gasteiger charge is 2.17. The lowest BCUT2D eigenvalue weighted by molar-refractivity contribution is -0.119. The van der Waals surface area contributed by atoms with Crippen LogP contribution in [0.3, 0.4) is 0 Å². The summed E-state index contributed by atoms with van der Waals surface area (Å²) in [7, 11) is 0. The topological polar surface area (TPSA) is 84.2 Å². The van der Waals surface area contributed by atoms with Crippen LogP contribution in [0.25, 0.3) is 0 Å². The van der Waals surface area contributed by atoms with Crippen molar-refractivity contribution < 1.29 is 14.0 Å². The van der Waals surface area contributed by atoms with E-state index in [1.807, 2.05) is 0 Å². The standard InChI is InChI=1S/C19H22FN3O2.ClH/c1-12(13(2)21)18(24)23-17-9-5-15(6-10-17)19(25)22-11-14-3-7-16(20)8-4-14;/h3-10,12-13H,11,21H2,1-2H3,(H,22,25)(H,23,24);1H. The average molecular weight is 380 g/mol. The Morgan fingerprint density at radius 2 is 1.62 bits per heavy atom. The molecule has 0 fully saturated rings. The fraction of sp³-hybridized carbons (Fsp3) is 0.263. The van der Waals surface area contributed by atoms with E-state index in [0.29, 0.717) is 17.8 Å². The number of anilines is 1. The van der Waals surface area contributed by atoms with Crippen molar-refractivity contribution in [1.82, 2.24) is 5.32 Å². The predicted molar refractivity (Wildman–Crippen MR) is 103 cm³/mol. The first-order valence-electron chi connectivity index (χ1n) is 8.06. The van der Waals surface area contributed by atoms with E-state index >= 15 is 0 Å². The van der Waals surface area contributed by atoms with Crippen LogP contribution in [0.5, 0.6) is 0 Å². The molecule has 0 aliphatic carbocycles. The van der Waals surface area contributed by atoms with Crippen LogP contribution in [0.1, 0.15) is 29.8 Å². The predicted octanol–water partition coefficient (Wildman–Crippen LogP) is 3.10. The van der Waals surface area contributed by atoms with Crippen molar-refractivity contribution in [2.24, 2.45) is 11.7 Å². The van der Waals surface area contributed by atoms with Crippen molar-refractivity contribution in [2.45, 2.75) is 26.4 Å². The number of benzene rings is 2. The Hall–Kier alpha value is -2.44. The van der Waals surface area contributed by atoms with Gasteiger partial charge in [0.2, 0.25) is 5.91 Å². The molecule has 0 saturated carbocycles. The molecular formula is C19H23ClFN3O2. The number of carbonyl (C=O) groups is 2. The van der Waals surface area contributed by atoms with E-state index in [9.17, 15) is 14.0 Å². The second-order valence-corrected chi connectivity index (χ2v) is 6.02. The zero-order valence-corrected chi connectivity index (χ0v) is 15.5. The first-order chi connectivity index (χ1) is 11.9. The Balaban J connectivity index is 0.00000338. The molecule has 0 spiro atoms. The number of hydrogen-bond donors (Lipinski definition) is 3. The van der Waals surface area contributed by atoms with Crippen LogP contribution in [0.4, 0.5) is 10.1 Å². The summed E-state index contributed by atoms with van der Waals surface area (Å²) in [5, 5.41) is 5.53. The second kappa shape index (κ2) is 9.89. The molecule has 0 aliphatic rings. The monoisotopic (exact) mass is 379 g/mol. The van der Waals surface area contributed by atoms with Crippen molar-refractivity contribution in [1.29, 1.82) is 0 Å². The summed E-state index contributed by atoms with van der Waals surface area (Å²) < 4.78 is 12.8. The van der Waals surface area contributed by atoms with Crippen LogP contribution in [-0.2, 0) is 11.3 Å². The molecule has 2 aromatic carbocycles. The molecule has 0 saturated heterocycles. The van der Waals surface area contributed by atoms with Gasteiger partial charge in [0.1, 0.15) is 5.82 Å². The summed E-state index contributed by atoms with van der Waals surface area (Å²) >= 11 is 0. The molecular weight excluding hydrogens is 357 g/mol. The SMILES string of the molecule is CC(N)C(C)C(=O)Nc1ccc(C(=O)NCc2ccc(F)cc2)cc1.Cl. The number of amides is 2. The van der Waals surface area contributed by atoms with E-state index in [0.717, 1.165) is 5.56 Å². The van der Waals surface area contributed by atoms with Crippen molar-refractivity contribution in [3.05, 3.63) is 65.5 Å². The summed E-state index contributed by atoms with van der Waals surface area (Å²) in [6, 6.07) is 12.3. The Morgan fingerprint density at radius 1 is 1.04 bits per heavy atom. The number of nitrogens with two attached hydrogens (primary N) is 1. The minimum atomic E-state index is -0.314. The highest BCUT2D eigenvalue weighted by atomic mass is 35.5. The number of hydrogen-bond acceptors (Lipinski definition) is 3. The number of halogens is 2. The Kier molecular flexibility index (Phi) is 8.22. The van der Waals surface area contributed by atoms with Crippen LogP contribution in [0, 0.1) is 11.7 Å². The normalized spacial score (nSPS) is 12.5. The average Bonchev–Trinajstić information content (AvgIpc) is 2.60. The molecule has 2 unspecified atom stereocenters. The van der Waals surface area contributed by atoms with E-state index in [4.69, 9.17) is 5.73 Å². The van der Waals surface area contributed by atoms with Crippen LogP contribution in [0.2, 0.25) is 0 Å². The third-order valence-corrected chi connectivity index (χ3v) is 3.98. The van der Waals surface area contributed by atoms with Gasteiger partial charge in [0.25, 0.3) is 5.91 Å². The van der Waals surface area contributed by atoms with E-state index < -0.39 is 0 Å². The molecule has 2 aromatic rings. The van der Waals surface area contributed by atoms with Crippen molar-refractivity contribution in [2.75, 3.05) is 5.32 Å². The van der Waals surface area contributed by atoms with Gasteiger partial charge in [0.05, 0.1) is 5.92 Å². The summed E-state index contributed by atoms with van der Waals surface area (Å²) in [6.45, 7) is 3.85. The molecule has 0 heterocycles. The van der Waals surface area contributed by atoms with Crippen molar-refractivity contribution in [3.63, 3.8) is 0 Å². The lowest BCUT2D eigenvalue weighted by Gasteiger charge is -2.15. The zero-order chi connectivity index (χ0) is 18.4. The quantitative estimate of drug-likeness (QED) is 0.721. The number of rotatable bonds is 6. The zero-order valence-electron chi connectivity index (χ0n) is 14.7. The van der Waals surface area contributed by atoms with Crippen LogP contribution < -0.4 is 16.4 Å². The maximum absolute atomic E-state index is 12.8. The Bertz CT molecular complexity index is 733. The molecule has 2 atom stereocenters. The second-order valence-electron chi connectivity index (χ2n) is 6.02. The number of nitrogens with one attached hydrogen (secondary N) is 2. The van der Waals surface area contributed by atoms with E-state index in [-0.39, 0.29) is 42.0 Å². The molecule has 7 heteroatoms. The van der Waals surface area contributed by atoms with E-state index in [1.54, 1.807) is 50.2 Å². The van der Waals surface area contributed by atoms with Gasteiger partial charge in [-0.2, -0.15) is 0 Å². The Morgan fingerprint density at radius 3 is 2.15 bits per heavy atom. The summed E-state index contributed by atoms with van der Waals surface area (Å²) in [6.07, 6.45) is 0. The molecule has 140 valence electrons. The lowest BCUT2D eigenvalue weighted by atomic mass is 10.0.